The van der Waals surface area contributed by atoms with Gasteiger partial charge in [0.25, 0.3) is 5.91 Å². The number of nitrogens with one attached hydrogen (secondary N) is 2. The zero-order chi connectivity index (χ0) is 24.1. The van der Waals surface area contributed by atoms with Gasteiger partial charge in [0, 0.05) is 24.3 Å². The third-order valence-electron chi connectivity index (χ3n) is 5.12. The minimum absolute atomic E-state index is 0.00394. The van der Waals surface area contributed by atoms with Crippen LogP contribution in [0.1, 0.15) is 48.7 Å². The van der Waals surface area contributed by atoms with Crippen molar-refractivity contribution in [3.63, 3.8) is 0 Å². The van der Waals surface area contributed by atoms with Gasteiger partial charge in [0.15, 0.2) is 0 Å². The Kier molecular flexibility index (Phi) is 8.44. The van der Waals surface area contributed by atoms with Crippen LogP contribution in [0.3, 0.4) is 0 Å². The maximum Gasteiger partial charge on any atom is 0.255 e. The van der Waals surface area contributed by atoms with E-state index in [-0.39, 0.29) is 16.2 Å². The number of rotatable bonds is 10. The highest BCUT2D eigenvalue weighted by Gasteiger charge is 2.24. The van der Waals surface area contributed by atoms with Crippen molar-refractivity contribution in [1.29, 1.82) is 0 Å². The van der Waals surface area contributed by atoms with Gasteiger partial charge in [0.2, 0.25) is 20.0 Å². The van der Waals surface area contributed by atoms with Gasteiger partial charge < -0.3 is 5.32 Å². The summed E-state index contributed by atoms with van der Waals surface area (Å²) in [5.41, 5.74) is 2.23. The first-order valence-electron chi connectivity index (χ1n) is 10.5. The lowest BCUT2D eigenvalue weighted by molar-refractivity contribution is 0.102. The Bertz CT molecular complexity index is 1190. The molecule has 0 radical (unpaired) electrons. The molecule has 0 bridgehead atoms. The predicted molar refractivity (Wildman–Crippen MR) is 128 cm³/mol. The Morgan fingerprint density at radius 2 is 1.56 bits per heavy atom. The average Bonchev–Trinajstić information content (AvgIpc) is 2.71. The van der Waals surface area contributed by atoms with Crippen molar-refractivity contribution < 1.29 is 21.6 Å². The molecule has 2 N–H and O–H groups in total. The second-order valence-electron chi connectivity index (χ2n) is 7.42. The number of hydrogen-bond acceptors (Lipinski definition) is 5. The summed E-state index contributed by atoms with van der Waals surface area (Å²) in [6, 6.07) is 9.40. The van der Waals surface area contributed by atoms with Crippen LogP contribution in [0.25, 0.3) is 0 Å². The van der Waals surface area contributed by atoms with Crippen molar-refractivity contribution in [2.45, 2.75) is 45.9 Å². The summed E-state index contributed by atoms with van der Waals surface area (Å²) >= 11 is 0. The minimum atomic E-state index is -3.71. The lowest BCUT2D eigenvalue weighted by Gasteiger charge is -2.19. The topological polar surface area (TPSA) is 113 Å². The Balaban J connectivity index is 2.37. The van der Waals surface area contributed by atoms with E-state index in [0.29, 0.717) is 42.0 Å². The molecular formula is C22H31N3O5S2. The SMILES string of the molecule is CCCS(=O)(=O)Nc1cccc(NC(=O)c2cc(S(=O)(=O)N(CC)CC)ccc2C)c1C. The Morgan fingerprint density at radius 1 is 0.938 bits per heavy atom. The van der Waals surface area contributed by atoms with E-state index in [4.69, 9.17) is 0 Å². The van der Waals surface area contributed by atoms with Gasteiger partial charge in [-0.25, -0.2) is 16.8 Å². The normalized spacial score (nSPS) is 12.1. The number of carbonyl (C=O) groups excluding carboxylic acids is 1. The molecule has 0 aliphatic heterocycles. The third-order valence-corrected chi connectivity index (χ3v) is 8.64. The fraction of sp³-hybridized carbons (Fsp3) is 0.409. The third kappa shape index (κ3) is 5.87. The second kappa shape index (κ2) is 10.5. The maximum absolute atomic E-state index is 13.0. The first kappa shape index (κ1) is 25.8. The van der Waals surface area contributed by atoms with Gasteiger partial charge >= 0.3 is 0 Å². The molecule has 0 spiro atoms. The fourth-order valence-corrected chi connectivity index (χ4v) is 5.96. The Hall–Kier alpha value is -2.43. The van der Waals surface area contributed by atoms with Gasteiger partial charge in [-0.1, -0.05) is 32.9 Å². The van der Waals surface area contributed by atoms with Crippen molar-refractivity contribution in [3.05, 3.63) is 53.1 Å². The van der Waals surface area contributed by atoms with E-state index in [9.17, 15) is 21.6 Å². The van der Waals surface area contributed by atoms with Gasteiger partial charge in [0.1, 0.15) is 0 Å². The number of carbonyl (C=O) groups is 1. The highest BCUT2D eigenvalue weighted by Crippen LogP contribution is 2.26. The van der Waals surface area contributed by atoms with Gasteiger partial charge in [-0.3, -0.25) is 9.52 Å². The Labute approximate surface area is 191 Å². The van der Waals surface area contributed by atoms with E-state index in [2.05, 4.69) is 10.0 Å². The largest absolute Gasteiger partial charge is 0.322 e. The molecule has 0 saturated heterocycles. The lowest BCUT2D eigenvalue weighted by Crippen LogP contribution is -2.30. The summed E-state index contributed by atoms with van der Waals surface area (Å²) in [6.45, 7) is 9.38. The van der Waals surface area contributed by atoms with E-state index < -0.39 is 26.0 Å². The highest BCUT2D eigenvalue weighted by atomic mass is 32.2. The van der Waals surface area contributed by atoms with E-state index in [1.165, 1.54) is 16.4 Å². The van der Waals surface area contributed by atoms with Crippen LogP contribution in [0.2, 0.25) is 0 Å². The number of nitrogens with zero attached hydrogens (tertiary/aromatic N) is 1. The quantitative estimate of drug-likeness (QED) is 0.537. The summed E-state index contributed by atoms with van der Waals surface area (Å²) in [4.78, 5) is 13.1. The fourth-order valence-electron chi connectivity index (χ4n) is 3.28. The van der Waals surface area contributed by atoms with Gasteiger partial charge in [-0.15, -0.1) is 0 Å². The van der Waals surface area contributed by atoms with Crippen LogP contribution in [0.5, 0.6) is 0 Å². The molecule has 2 aromatic rings. The molecule has 0 atom stereocenters. The first-order chi connectivity index (χ1) is 15.0. The number of amides is 1. The van der Waals surface area contributed by atoms with E-state index in [0.717, 1.165) is 0 Å². The van der Waals surface area contributed by atoms with Crippen LogP contribution in [-0.4, -0.2) is 45.9 Å². The maximum atomic E-state index is 13.0. The molecule has 1 amide bonds. The second-order valence-corrected chi connectivity index (χ2v) is 11.2. The standard InChI is InChI=1S/C22H31N3O5S2/c1-6-14-31(27,28)24-21-11-9-10-20(17(21)5)23-22(26)19-15-18(13-12-16(19)4)32(29,30)25(7-2)8-3/h9-13,15,24H,6-8,14H2,1-5H3,(H,23,26). The Morgan fingerprint density at radius 3 is 2.16 bits per heavy atom. The molecule has 0 saturated carbocycles. The minimum Gasteiger partial charge on any atom is -0.322 e. The summed E-state index contributed by atoms with van der Waals surface area (Å²) < 4.78 is 53.8. The van der Waals surface area contributed by atoms with Crippen molar-refractivity contribution in [2.24, 2.45) is 0 Å². The highest BCUT2D eigenvalue weighted by molar-refractivity contribution is 7.92. The van der Waals surface area contributed by atoms with Crippen LogP contribution < -0.4 is 10.0 Å². The molecule has 0 heterocycles. The number of sulfonamides is 2. The molecule has 10 heteroatoms. The molecule has 0 fully saturated rings. The van der Waals surface area contributed by atoms with Crippen LogP contribution >= 0.6 is 0 Å². The molecule has 2 rings (SSSR count). The monoisotopic (exact) mass is 481 g/mol. The zero-order valence-corrected chi connectivity index (χ0v) is 20.7. The van der Waals surface area contributed by atoms with Gasteiger partial charge in [-0.2, -0.15) is 4.31 Å². The summed E-state index contributed by atoms with van der Waals surface area (Å²) in [6.07, 6.45) is 0.483. The number of benzene rings is 2. The molecule has 2 aromatic carbocycles. The van der Waals surface area contributed by atoms with Crippen LogP contribution in [0.4, 0.5) is 11.4 Å². The predicted octanol–water partition coefficient (Wildman–Crippen LogP) is 3.74. The molecule has 0 aromatic heterocycles. The summed E-state index contributed by atoms with van der Waals surface area (Å²) in [5.74, 6) is -0.480. The smallest absolute Gasteiger partial charge is 0.255 e. The van der Waals surface area contributed by atoms with Crippen LogP contribution in [0.15, 0.2) is 41.3 Å². The lowest BCUT2D eigenvalue weighted by atomic mass is 10.1. The van der Waals surface area contributed by atoms with Crippen molar-refractivity contribution >= 4 is 37.3 Å². The van der Waals surface area contributed by atoms with E-state index in [1.54, 1.807) is 58.9 Å². The molecule has 0 unspecified atom stereocenters. The van der Waals surface area contributed by atoms with Gasteiger partial charge in [-0.05, 0) is 55.7 Å². The van der Waals surface area contributed by atoms with Crippen LogP contribution in [-0.2, 0) is 20.0 Å². The van der Waals surface area contributed by atoms with Crippen molar-refractivity contribution in [3.8, 4) is 0 Å². The van der Waals surface area contributed by atoms with Crippen molar-refractivity contribution in [1.82, 2.24) is 4.31 Å². The zero-order valence-electron chi connectivity index (χ0n) is 19.1. The number of aryl methyl sites for hydroxylation is 1. The molecule has 8 nitrogen and oxygen atoms in total. The molecule has 176 valence electrons. The van der Waals surface area contributed by atoms with Gasteiger partial charge in [0.05, 0.1) is 16.3 Å². The summed E-state index contributed by atoms with van der Waals surface area (Å²) in [7, 11) is -7.19. The van der Waals surface area contributed by atoms with E-state index in [1.807, 2.05) is 0 Å². The first-order valence-corrected chi connectivity index (χ1v) is 13.6. The summed E-state index contributed by atoms with van der Waals surface area (Å²) in [5, 5.41) is 2.78. The molecule has 0 aliphatic carbocycles. The van der Waals surface area contributed by atoms with Crippen molar-refractivity contribution in [2.75, 3.05) is 28.9 Å². The van der Waals surface area contributed by atoms with Crippen LogP contribution in [0, 0.1) is 13.8 Å². The molecule has 0 aliphatic rings. The van der Waals surface area contributed by atoms with E-state index >= 15 is 0 Å². The number of anilines is 2. The molecular weight excluding hydrogens is 450 g/mol. The number of hydrogen-bond donors (Lipinski definition) is 2. The average molecular weight is 482 g/mol. The molecule has 32 heavy (non-hydrogen) atoms.